The van der Waals surface area contributed by atoms with Crippen molar-refractivity contribution >= 4 is 35.5 Å². The Labute approximate surface area is 177 Å². The third-order valence-electron chi connectivity index (χ3n) is 5.76. The van der Waals surface area contributed by atoms with Crippen molar-refractivity contribution in [2.45, 2.75) is 45.8 Å². The fourth-order valence-corrected chi connectivity index (χ4v) is 5.09. The smallest absolute Gasteiger partial charge is 0.414 e. The largest absolute Gasteiger partial charge is 0.444 e. The van der Waals surface area contributed by atoms with Gasteiger partial charge in [-0.1, -0.05) is 19.1 Å². The molecule has 3 saturated heterocycles. The number of halogens is 1. The molecule has 5 rings (SSSR count). The zero-order valence-electron chi connectivity index (χ0n) is 16.6. The number of benzene rings is 1. The maximum atomic E-state index is 13.2. The van der Waals surface area contributed by atoms with E-state index in [4.69, 9.17) is 4.74 Å². The van der Waals surface area contributed by atoms with E-state index in [2.05, 4.69) is 43.0 Å². The molecule has 3 aliphatic heterocycles. The van der Waals surface area contributed by atoms with Crippen LogP contribution in [0.4, 0.5) is 10.5 Å². The van der Waals surface area contributed by atoms with Crippen LogP contribution in [0.1, 0.15) is 35.1 Å². The van der Waals surface area contributed by atoms with Gasteiger partial charge in [0.15, 0.2) is 0 Å². The molecule has 4 heterocycles. The van der Waals surface area contributed by atoms with Gasteiger partial charge in [-0.05, 0) is 75.0 Å². The number of hydrogen-bond donors (Lipinski definition) is 0. The normalized spacial score (nSPS) is 23.1. The molecule has 6 heteroatoms. The third kappa shape index (κ3) is 4.70. The van der Waals surface area contributed by atoms with Gasteiger partial charge < -0.3 is 4.74 Å². The maximum absolute atomic E-state index is 13.2. The number of ether oxygens (including phenoxy) is 1. The van der Waals surface area contributed by atoms with Gasteiger partial charge in [-0.2, -0.15) is 0 Å². The Hall–Kier alpha value is -1.56. The van der Waals surface area contributed by atoms with Crippen LogP contribution in [0.25, 0.3) is 0 Å². The van der Waals surface area contributed by atoms with Crippen molar-refractivity contribution in [2.24, 2.45) is 5.92 Å². The molecule has 2 bridgehead atoms. The molecule has 1 aromatic heterocycles. The summed E-state index contributed by atoms with van der Waals surface area (Å²) in [7, 11) is 0. The Balaban J connectivity index is 0.00000225. The molecule has 0 saturated carbocycles. The van der Waals surface area contributed by atoms with E-state index in [1.54, 1.807) is 16.2 Å². The molecule has 0 radical (unpaired) electrons. The van der Waals surface area contributed by atoms with E-state index in [-0.39, 0.29) is 24.6 Å². The van der Waals surface area contributed by atoms with Crippen LogP contribution in [0.5, 0.6) is 0 Å². The summed E-state index contributed by atoms with van der Waals surface area (Å²) in [6.45, 7) is 7.96. The summed E-state index contributed by atoms with van der Waals surface area (Å²) in [4.78, 5) is 19.9. The van der Waals surface area contributed by atoms with E-state index in [0.717, 1.165) is 50.1 Å². The minimum absolute atomic E-state index is 0. The number of nitrogens with zero attached hydrogens (tertiary/aromatic N) is 2. The van der Waals surface area contributed by atoms with Crippen LogP contribution >= 0.6 is 23.7 Å². The van der Waals surface area contributed by atoms with E-state index >= 15 is 0 Å². The second kappa shape index (κ2) is 9.29. The van der Waals surface area contributed by atoms with Crippen LogP contribution < -0.4 is 4.90 Å². The lowest BCUT2D eigenvalue weighted by Gasteiger charge is -2.44. The second-order valence-corrected chi connectivity index (χ2v) is 8.96. The number of amides is 1. The molecule has 0 spiro atoms. The van der Waals surface area contributed by atoms with Gasteiger partial charge in [-0.15, -0.1) is 23.7 Å². The average Bonchev–Trinajstić information content (AvgIpc) is 3.15. The molecule has 1 amide bonds. The van der Waals surface area contributed by atoms with Crippen molar-refractivity contribution < 1.29 is 9.53 Å². The van der Waals surface area contributed by atoms with Crippen LogP contribution in [0.3, 0.4) is 0 Å². The summed E-state index contributed by atoms with van der Waals surface area (Å²) >= 11 is 1.78. The van der Waals surface area contributed by atoms with Crippen LogP contribution in [-0.4, -0.2) is 36.7 Å². The summed E-state index contributed by atoms with van der Waals surface area (Å²) in [5.74, 6) is 0.520. The minimum Gasteiger partial charge on any atom is -0.444 e. The Morgan fingerprint density at radius 2 is 1.96 bits per heavy atom. The predicted molar refractivity (Wildman–Crippen MR) is 118 cm³/mol. The van der Waals surface area contributed by atoms with Crippen LogP contribution in [-0.2, 0) is 17.7 Å². The summed E-state index contributed by atoms with van der Waals surface area (Å²) in [5, 5.41) is 0. The summed E-state index contributed by atoms with van der Waals surface area (Å²) < 4.78 is 6.04. The monoisotopic (exact) mass is 420 g/mol. The Bertz CT molecular complexity index is 801. The van der Waals surface area contributed by atoms with E-state index in [1.807, 2.05) is 12.1 Å². The molecular weight excluding hydrogens is 392 g/mol. The highest BCUT2D eigenvalue weighted by atomic mass is 35.5. The number of rotatable bonds is 5. The van der Waals surface area contributed by atoms with Gasteiger partial charge in [-0.3, -0.25) is 9.80 Å². The van der Waals surface area contributed by atoms with E-state index in [0.29, 0.717) is 12.5 Å². The lowest BCUT2D eigenvalue weighted by molar-refractivity contribution is -0.0311. The molecule has 4 nitrogen and oxygen atoms in total. The highest BCUT2D eigenvalue weighted by molar-refractivity contribution is 7.12. The van der Waals surface area contributed by atoms with Gasteiger partial charge in [0.2, 0.25) is 0 Å². The molecule has 152 valence electrons. The van der Waals surface area contributed by atoms with Crippen molar-refractivity contribution in [1.29, 1.82) is 0 Å². The van der Waals surface area contributed by atoms with Gasteiger partial charge in [0.25, 0.3) is 0 Å². The summed E-state index contributed by atoms with van der Waals surface area (Å²) in [5.41, 5.74) is 2.06. The van der Waals surface area contributed by atoms with Crippen molar-refractivity contribution in [3.05, 3.63) is 51.7 Å². The van der Waals surface area contributed by atoms with Crippen molar-refractivity contribution in [3.8, 4) is 0 Å². The number of aryl methyl sites for hydroxylation is 2. The predicted octanol–water partition coefficient (Wildman–Crippen LogP) is 5.28. The topological polar surface area (TPSA) is 32.8 Å². The van der Waals surface area contributed by atoms with E-state index in [1.165, 1.54) is 9.75 Å². The third-order valence-corrected chi connectivity index (χ3v) is 6.98. The van der Waals surface area contributed by atoms with Gasteiger partial charge in [0.1, 0.15) is 6.10 Å². The van der Waals surface area contributed by atoms with E-state index < -0.39 is 0 Å². The van der Waals surface area contributed by atoms with Gasteiger partial charge in [-0.25, -0.2) is 4.79 Å². The molecule has 1 aromatic carbocycles. The first kappa shape index (κ1) is 21.2. The van der Waals surface area contributed by atoms with Crippen molar-refractivity contribution in [3.63, 3.8) is 0 Å². The van der Waals surface area contributed by atoms with Gasteiger partial charge >= 0.3 is 6.09 Å². The number of piperidine rings is 3. The number of anilines is 1. The molecule has 28 heavy (non-hydrogen) atoms. The number of fused-ring (bicyclic) bond motifs is 3. The van der Waals surface area contributed by atoms with Crippen molar-refractivity contribution in [1.82, 2.24) is 4.90 Å². The quantitative estimate of drug-likeness (QED) is 0.659. The first-order chi connectivity index (χ1) is 13.1. The van der Waals surface area contributed by atoms with Crippen LogP contribution in [0, 0.1) is 12.8 Å². The lowest BCUT2D eigenvalue weighted by atomic mass is 9.86. The Kier molecular flexibility index (Phi) is 7.02. The zero-order chi connectivity index (χ0) is 18.8. The molecule has 0 unspecified atom stereocenters. The molecular formula is C22H29ClN2O2S. The SMILES string of the molecule is CCc1ccc(CN(C(=O)O[C@H]2CN3CCC2CC3)c2cccc(C)c2)s1.Cl. The van der Waals surface area contributed by atoms with Crippen LogP contribution in [0.15, 0.2) is 36.4 Å². The molecule has 0 aliphatic carbocycles. The minimum atomic E-state index is -0.217. The number of hydrogen-bond acceptors (Lipinski definition) is 4. The highest BCUT2D eigenvalue weighted by Crippen LogP contribution is 2.31. The molecule has 3 aliphatic rings. The van der Waals surface area contributed by atoms with Gasteiger partial charge in [0, 0.05) is 22.0 Å². The second-order valence-electron chi connectivity index (χ2n) is 7.71. The molecule has 3 fully saturated rings. The fourth-order valence-electron chi connectivity index (χ4n) is 4.15. The first-order valence-corrected chi connectivity index (χ1v) is 10.8. The first-order valence-electron chi connectivity index (χ1n) is 9.97. The van der Waals surface area contributed by atoms with Crippen molar-refractivity contribution in [2.75, 3.05) is 24.5 Å². The molecule has 0 N–H and O–H groups in total. The fraction of sp³-hybridized carbons (Fsp3) is 0.500. The summed E-state index contributed by atoms with van der Waals surface area (Å²) in [6, 6.07) is 12.4. The van der Waals surface area contributed by atoms with Crippen LogP contribution in [0.2, 0.25) is 0 Å². The molecule has 2 aromatic rings. The summed E-state index contributed by atoms with van der Waals surface area (Å²) in [6.07, 6.45) is 3.13. The van der Waals surface area contributed by atoms with Gasteiger partial charge in [0.05, 0.1) is 6.54 Å². The number of carbonyl (C=O) groups is 1. The average molecular weight is 421 g/mol. The highest BCUT2D eigenvalue weighted by Gasteiger charge is 2.37. The zero-order valence-corrected chi connectivity index (χ0v) is 18.2. The standard InChI is InChI=1S/C22H28N2O2S.ClH/c1-3-19-7-8-20(27-19)14-24(18-6-4-5-16(2)13-18)22(25)26-21-15-23-11-9-17(21)10-12-23;/h4-8,13,17,21H,3,9-12,14-15H2,1-2H3;1H/t21-;/m0./s1. The van der Waals surface area contributed by atoms with E-state index in [9.17, 15) is 4.79 Å². The Morgan fingerprint density at radius 1 is 1.21 bits per heavy atom. The Morgan fingerprint density at radius 3 is 2.57 bits per heavy atom. The number of carbonyl (C=O) groups excluding carboxylic acids is 1. The number of thiophene rings is 1. The maximum Gasteiger partial charge on any atom is 0.414 e. The molecule has 1 atom stereocenters. The lowest BCUT2D eigenvalue weighted by Crippen LogP contribution is -2.53.